The van der Waals surface area contributed by atoms with Gasteiger partial charge < -0.3 is 14.5 Å². The van der Waals surface area contributed by atoms with Crippen molar-refractivity contribution in [2.45, 2.75) is 0 Å². The van der Waals surface area contributed by atoms with E-state index in [1.807, 2.05) is 24.3 Å². The number of piperazine rings is 1. The first kappa shape index (κ1) is 14.3. The summed E-state index contributed by atoms with van der Waals surface area (Å²) in [5, 5.41) is 0. The minimum Gasteiger partial charge on any atom is -0.478 e. The molecule has 2 rings (SSSR count). The highest BCUT2D eigenvalue weighted by Gasteiger charge is 2.14. The zero-order chi connectivity index (χ0) is 13.7. The molecule has 0 radical (unpaired) electrons. The predicted molar refractivity (Wildman–Crippen MR) is 76.8 cm³/mol. The summed E-state index contributed by atoms with van der Waals surface area (Å²) in [7, 11) is 3.54. The zero-order valence-electron chi connectivity index (χ0n) is 11.4. The summed E-state index contributed by atoms with van der Waals surface area (Å²) in [6, 6.07) is 7.88. The van der Waals surface area contributed by atoms with Gasteiger partial charge in [-0.05, 0) is 31.3 Å². The van der Waals surface area contributed by atoms with Gasteiger partial charge >= 0.3 is 0 Å². The quantitative estimate of drug-likeness (QED) is 0.809. The number of likely N-dealkylation sites (N-methyl/N-ethyl adjacent to an activating group) is 1. The fourth-order valence-electron chi connectivity index (χ4n) is 1.98. The number of rotatable bonds is 5. The molecular weight excluding hydrogens is 264 g/mol. The highest BCUT2D eigenvalue weighted by molar-refractivity contribution is 7.79. The fourth-order valence-corrected chi connectivity index (χ4v) is 2.31. The first-order valence-corrected chi connectivity index (χ1v) is 7.52. The monoisotopic (exact) mass is 284 g/mol. The molecule has 1 fully saturated rings. The molecule has 1 atom stereocenters. The molecule has 1 saturated heterocycles. The van der Waals surface area contributed by atoms with Gasteiger partial charge in [0.1, 0.15) is 5.75 Å². The van der Waals surface area contributed by atoms with Crippen LogP contribution in [0.3, 0.4) is 0 Å². The lowest BCUT2D eigenvalue weighted by Gasteiger charge is -2.34. The highest BCUT2D eigenvalue weighted by Crippen LogP contribution is 2.20. The third kappa shape index (κ3) is 4.19. The lowest BCUT2D eigenvalue weighted by Crippen LogP contribution is -2.44. The van der Waals surface area contributed by atoms with Crippen LogP contribution in [-0.4, -0.2) is 55.4 Å². The van der Waals surface area contributed by atoms with Crippen molar-refractivity contribution in [3.05, 3.63) is 24.3 Å². The van der Waals surface area contributed by atoms with E-state index in [1.54, 1.807) is 0 Å². The molecule has 0 spiro atoms. The Hall–Kier alpha value is -1.11. The van der Waals surface area contributed by atoms with Gasteiger partial charge in [0.05, 0.1) is 7.11 Å². The number of ether oxygens (including phenoxy) is 1. The fraction of sp³-hybridized carbons (Fsp3) is 0.538. The van der Waals surface area contributed by atoms with Gasteiger partial charge in [0, 0.05) is 31.9 Å². The van der Waals surface area contributed by atoms with Gasteiger partial charge in [-0.2, -0.15) is 0 Å². The van der Waals surface area contributed by atoms with Crippen LogP contribution >= 0.6 is 0 Å². The van der Waals surface area contributed by atoms with Gasteiger partial charge in [0.15, 0.2) is 17.0 Å². The van der Waals surface area contributed by atoms with Crippen molar-refractivity contribution in [3.63, 3.8) is 0 Å². The Morgan fingerprint density at radius 3 is 2.37 bits per heavy atom. The molecule has 0 amide bonds. The van der Waals surface area contributed by atoms with Crippen LogP contribution in [0.5, 0.6) is 5.75 Å². The van der Waals surface area contributed by atoms with Crippen molar-refractivity contribution >= 4 is 16.8 Å². The summed E-state index contributed by atoms with van der Waals surface area (Å²) in [4.78, 5) is 4.69. The van der Waals surface area contributed by atoms with Gasteiger partial charge in [-0.15, -0.1) is 0 Å². The molecular formula is C13H20N2O3S. The molecule has 1 aliphatic heterocycles. The Kier molecular flexibility index (Phi) is 5.18. The molecule has 0 aromatic heterocycles. The van der Waals surface area contributed by atoms with Crippen molar-refractivity contribution in [2.75, 3.05) is 51.2 Å². The van der Waals surface area contributed by atoms with Crippen molar-refractivity contribution < 1.29 is 13.1 Å². The van der Waals surface area contributed by atoms with Crippen LogP contribution in [0, 0.1) is 0 Å². The molecule has 0 aliphatic carbocycles. The Morgan fingerprint density at radius 2 is 1.79 bits per heavy atom. The number of hydrogen-bond donors (Lipinski definition) is 0. The van der Waals surface area contributed by atoms with Crippen LogP contribution in [0.4, 0.5) is 5.69 Å². The summed E-state index contributed by atoms with van der Waals surface area (Å²) in [6.07, 6.45) is 0. The number of hydrogen-bond acceptors (Lipinski definition) is 5. The Balaban J connectivity index is 1.89. The van der Waals surface area contributed by atoms with Gasteiger partial charge in [-0.25, -0.2) is 4.21 Å². The lowest BCUT2D eigenvalue weighted by molar-refractivity contribution is 0.313. The second kappa shape index (κ2) is 6.88. The Bertz CT molecular complexity index is 416. The SMILES string of the molecule is COS(=O)COc1ccc(N2CCN(C)CC2)cc1. The number of nitrogens with zero attached hydrogens (tertiary/aromatic N) is 2. The number of benzene rings is 1. The molecule has 1 heterocycles. The van der Waals surface area contributed by atoms with Gasteiger partial charge in [0.2, 0.25) is 0 Å². The molecule has 19 heavy (non-hydrogen) atoms. The topological polar surface area (TPSA) is 42.0 Å². The highest BCUT2D eigenvalue weighted by atomic mass is 32.2. The van der Waals surface area contributed by atoms with Crippen LogP contribution in [-0.2, 0) is 15.3 Å². The maximum absolute atomic E-state index is 11.1. The summed E-state index contributed by atoms with van der Waals surface area (Å²) in [5.74, 6) is 0.771. The molecule has 106 valence electrons. The third-order valence-corrected chi connectivity index (χ3v) is 3.89. The second-order valence-corrected chi connectivity index (χ2v) is 5.69. The average molecular weight is 284 g/mol. The van der Waals surface area contributed by atoms with Crippen LogP contribution in [0.1, 0.15) is 0 Å². The summed E-state index contributed by atoms with van der Waals surface area (Å²) in [5.41, 5.74) is 1.20. The van der Waals surface area contributed by atoms with E-state index < -0.39 is 11.1 Å². The first-order chi connectivity index (χ1) is 9.19. The van der Waals surface area contributed by atoms with Crippen LogP contribution in [0.15, 0.2) is 24.3 Å². The molecule has 0 saturated carbocycles. The zero-order valence-corrected chi connectivity index (χ0v) is 12.2. The molecule has 6 heteroatoms. The van der Waals surface area contributed by atoms with E-state index in [4.69, 9.17) is 4.74 Å². The normalized spacial score (nSPS) is 18.3. The van der Waals surface area contributed by atoms with Crippen LogP contribution in [0.25, 0.3) is 0 Å². The summed E-state index contributed by atoms with van der Waals surface area (Å²) < 4.78 is 21.1. The van der Waals surface area contributed by atoms with Crippen molar-refractivity contribution in [1.29, 1.82) is 0 Å². The molecule has 1 aromatic carbocycles. The standard InChI is InChI=1S/C13H20N2O3S/c1-14-7-9-15(10-8-14)12-3-5-13(6-4-12)18-11-19(16)17-2/h3-6H,7-11H2,1-2H3. The molecule has 1 aromatic rings. The van der Waals surface area contributed by atoms with Crippen LogP contribution in [0.2, 0.25) is 0 Å². The van der Waals surface area contributed by atoms with Crippen molar-refractivity contribution in [1.82, 2.24) is 4.90 Å². The van der Waals surface area contributed by atoms with E-state index >= 15 is 0 Å². The van der Waals surface area contributed by atoms with Crippen LogP contribution < -0.4 is 9.64 Å². The van der Waals surface area contributed by atoms with Gasteiger partial charge in [-0.1, -0.05) is 0 Å². The lowest BCUT2D eigenvalue weighted by atomic mass is 10.2. The Labute approximate surface area is 116 Å². The smallest absolute Gasteiger partial charge is 0.194 e. The third-order valence-electron chi connectivity index (χ3n) is 3.21. The minimum absolute atomic E-state index is 0.0599. The van der Waals surface area contributed by atoms with E-state index in [-0.39, 0.29) is 5.94 Å². The van der Waals surface area contributed by atoms with E-state index in [1.165, 1.54) is 12.8 Å². The average Bonchev–Trinajstić information content (AvgIpc) is 2.46. The van der Waals surface area contributed by atoms with Gasteiger partial charge in [-0.3, -0.25) is 4.18 Å². The number of anilines is 1. The maximum atomic E-state index is 11.1. The molecule has 1 unspecified atom stereocenters. The van der Waals surface area contributed by atoms with E-state index in [2.05, 4.69) is 21.0 Å². The van der Waals surface area contributed by atoms with Gasteiger partial charge in [0.25, 0.3) is 0 Å². The first-order valence-electron chi connectivity index (χ1n) is 6.28. The molecule has 0 N–H and O–H groups in total. The Morgan fingerprint density at radius 1 is 1.16 bits per heavy atom. The van der Waals surface area contributed by atoms with E-state index in [0.29, 0.717) is 5.75 Å². The minimum atomic E-state index is -1.38. The predicted octanol–water partition coefficient (Wildman–Crippen LogP) is 1.08. The summed E-state index contributed by atoms with van der Waals surface area (Å²) >= 11 is -1.38. The molecule has 0 bridgehead atoms. The van der Waals surface area contributed by atoms with Crippen molar-refractivity contribution in [3.8, 4) is 5.75 Å². The second-order valence-electron chi connectivity index (χ2n) is 4.52. The summed E-state index contributed by atoms with van der Waals surface area (Å²) in [6.45, 7) is 4.27. The molecule has 5 nitrogen and oxygen atoms in total. The molecule has 1 aliphatic rings. The maximum Gasteiger partial charge on any atom is 0.194 e. The van der Waals surface area contributed by atoms with E-state index in [9.17, 15) is 4.21 Å². The van der Waals surface area contributed by atoms with E-state index in [0.717, 1.165) is 26.2 Å². The van der Waals surface area contributed by atoms with Crippen molar-refractivity contribution in [2.24, 2.45) is 0 Å². The largest absolute Gasteiger partial charge is 0.478 e.